The Balaban J connectivity index is 1.49. The predicted molar refractivity (Wildman–Crippen MR) is 144 cm³/mol. The number of epoxide rings is 1. The van der Waals surface area contributed by atoms with Crippen LogP contribution in [0.5, 0.6) is 0 Å². The first-order valence-corrected chi connectivity index (χ1v) is 14.6. The van der Waals surface area contributed by atoms with Gasteiger partial charge < -0.3 is 23.4 Å². The monoisotopic (exact) mass is 568 g/mol. The lowest BCUT2D eigenvalue weighted by Gasteiger charge is -2.65. The molecule has 3 saturated carbocycles. The van der Waals surface area contributed by atoms with Crippen LogP contribution < -0.4 is 0 Å². The lowest BCUT2D eigenvalue weighted by Crippen LogP contribution is -2.72. The van der Waals surface area contributed by atoms with Gasteiger partial charge >= 0.3 is 17.9 Å². The number of ketones is 1. The smallest absolute Gasteiger partial charge is 0.333 e. The number of Topliss-reactive ketones (excluding diaryl/α,β-unsaturated/α-hetero) is 1. The summed E-state index contributed by atoms with van der Waals surface area (Å²) in [4.78, 5) is 53.8. The van der Waals surface area contributed by atoms with E-state index in [0.29, 0.717) is 18.4 Å². The van der Waals surface area contributed by atoms with Crippen LogP contribution in [0.4, 0.5) is 0 Å². The Morgan fingerprint density at radius 1 is 1.15 bits per heavy atom. The quantitative estimate of drug-likeness (QED) is 0.215. The fraction of sp³-hybridized carbons (Fsp3) is 0.688. The molecule has 5 fully saturated rings. The second kappa shape index (κ2) is 9.03. The number of fused-ring (bicyclic) bond motifs is 5. The van der Waals surface area contributed by atoms with Gasteiger partial charge in [-0.2, -0.15) is 0 Å². The zero-order valence-electron chi connectivity index (χ0n) is 24.9. The van der Waals surface area contributed by atoms with Gasteiger partial charge in [-0.15, -0.1) is 0 Å². The average Bonchev–Trinajstić information content (AvgIpc) is 3.39. The number of cyclic esters (lactones) is 1. The van der Waals surface area contributed by atoms with Crippen molar-refractivity contribution in [2.45, 2.75) is 91.1 Å². The van der Waals surface area contributed by atoms with Crippen molar-refractivity contribution in [1.29, 1.82) is 0 Å². The van der Waals surface area contributed by atoms with Crippen molar-refractivity contribution in [1.82, 2.24) is 0 Å². The maximum absolute atomic E-state index is 14.6. The van der Waals surface area contributed by atoms with Crippen molar-refractivity contribution in [3.8, 4) is 0 Å². The highest BCUT2D eigenvalue weighted by molar-refractivity contribution is 5.94. The highest BCUT2D eigenvalue weighted by Crippen LogP contribution is 2.77. The molecule has 0 radical (unpaired) electrons. The first-order chi connectivity index (χ1) is 19.3. The largest absolute Gasteiger partial charge is 0.472 e. The number of hydrogen-bond donors (Lipinski definition) is 0. The zero-order valence-corrected chi connectivity index (χ0v) is 24.9. The van der Waals surface area contributed by atoms with Crippen LogP contribution in [0.2, 0.25) is 0 Å². The Labute approximate surface area is 240 Å². The molecule has 2 aliphatic heterocycles. The molecule has 5 aliphatic rings. The van der Waals surface area contributed by atoms with E-state index < -0.39 is 63.9 Å². The maximum Gasteiger partial charge on any atom is 0.333 e. The number of esters is 3. The number of hydrogen-bond acceptors (Lipinski definition) is 9. The van der Waals surface area contributed by atoms with E-state index >= 15 is 0 Å². The van der Waals surface area contributed by atoms with Gasteiger partial charge in [0.05, 0.1) is 32.0 Å². The molecule has 10 atom stereocenters. The Morgan fingerprint density at radius 3 is 2.51 bits per heavy atom. The maximum atomic E-state index is 14.6. The van der Waals surface area contributed by atoms with Gasteiger partial charge in [0, 0.05) is 45.6 Å². The van der Waals surface area contributed by atoms with Gasteiger partial charge in [0.1, 0.15) is 29.7 Å². The van der Waals surface area contributed by atoms with Crippen molar-refractivity contribution in [3.63, 3.8) is 0 Å². The molecule has 9 heteroatoms. The summed E-state index contributed by atoms with van der Waals surface area (Å²) in [7, 11) is 1.34. The van der Waals surface area contributed by atoms with Crippen LogP contribution in [0.1, 0.15) is 78.9 Å². The molecule has 0 amide bonds. The Bertz CT molecular complexity index is 1330. The van der Waals surface area contributed by atoms with Crippen LogP contribution in [-0.4, -0.2) is 48.6 Å². The fourth-order valence-corrected chi connectivity index (χ4v) is 9.63. The number of allylic oxidation sites excluding steroid dienone is 1. The van der Waals surface area contributed by atoms with Crippen molar-refractivity contribution >= 4 is 23.7 Å². The van der Waals surface area contributed by atoms with E-state index in [4.69, 9.17) is 23.4 Å². The van der Waals surface area contributed by atoms with Gasteiger partial charge in [-0.25, -0.2) is 4.79 Å². The molecule has 0 aromatic carbocycles. The highest BCUT2D eigenvalue weighted by atomic mass is 16.6. The van der Waals surface area contributed by atoms with Crippen molar-refractivity contribution in [2.75, 3.05) is 7.11 Å². The second-order valence-corrected chi connectivity index (χ2v) is 13.8. The van der Waals surface area contributed by atoms with Crippen molar-refractivity contribution < 1.29 is 42.5 Å². The van der Waals surface area contributed by atoms with Crippen LogP contribution >= 0.6 is 0 Å². The molecule has 3 heterocycles. The molecular weight excluding hydrogens is 528 g/mol. The van der Waals surface area contributed by atoms with Crippen LogP contribution in [0.25, 0.3) is 0 Å². The summed E-state index contributed by atoms with van der Waals surface area (Å²) in [6.45, 7) is 11.5. The van der Waals surface area contributed by atoms with Crippen molar-refractivity contribution in [2.24, 2.45) is 39.9 Å². The fourth-order valence-electron chi connectivity index (χ4n) is 9.63. The summed E-state index contributed by atoms with van der Waals surface area (Å²) in [5, 5.41) is 0. The summed E-state index contributed by atoms with van der Waals surface area (Å²) >= 11 is 0. The third kappa shape index (κ3) is 3.56. The Hall–Kier alpha value is -2.94. The summed E-state index contributed by atoms with van der Waals surface area (Å²) in [6, 6.07) is 1.83. The molecule has 9 nitrogen and oxygen atoms in total. The van der Waals surface area contributed by atoms with Crippen LogP contribution in [-0.2, 0) is 38.1 Å². The molecule has 222 valence electrons. The lowest BCUT2D eigenvalue weighted by atomic mass is 9.37. The van der Waals surface area contributed by atoms with Crippen LogP contribution in [0.3, 0.4) is 0 Å². The second-order valence-electron chi connectivity index (χ2n) is 13.8. The van der Waals surface area contributed by atoms with Crippen LogP contribution in [0.15, 0.2) is 34.7 Å². The molecule has 1 spiro atoms. The summed E-state index contributed by atoms with van der Waals surface area (Å²) < 4.78 is 29.4. The lowest BCUT2D eigenvalue weighted by molar-refractivity contribution is -0.220. The van der Waals surface area contributed by atoms with E-state index in [0.717, 1.165) is 5.56 Å². The van der Waals surface area contributed by atoms with E-state index in [-0.39, 0.29) is 36.4 Å². The minimum Gasteiger partial charge on any atom is -0.472 e. The van der Waals surface area contributed by atoms with Gasteiger partial charge in [0.25, 0.3) is 0 Å². The van der Waals surface area contributed by atoms with E-state index in [1.165, 1.54) is 7.11 Å². The molecule has 41 heavy (non-hydrogen) atoms. The molecule has 0 N–H and O–H groups in total. The number of carbonyl (C=O) groups is 4. The van der Waals surface area contributed by atoms with Gasteiger partial charge in [0.15, 0.2) is 0 Å². The number of ether oxygens (including phenoxy) is 4. The van der Waals surface area contributed by atoms with E-state index in [1.54, 1.807) is 32.4 Å². The predicted octanol–water partition coefficient (Wildman–Crippen LogP) is 4.74. The zero-order chi connectivity index (χ0) is 29.7. The molecular formula is C32H40O9. The van der Waals surface area contributed by atoms with E-state index in [2.05, 4.69) is 6.92 Å². The third-order valence-electron chi connectivity index (χ3n) is 11.8. The molecule has 0 unspecified atom stereocenters. The Kier molecular flexibility index (Phi) is 6.21. The number of rotatable bonds is 5. The highest BCUT2D eigenvalue weighted by Gasteiger charge is 2.86. The van der Waals surface area contributed by atoms with Crippen molar-refractivity contribution in [3.05, 3.63) is 35.8 Å². The molecule has 3 aliphatic carbocycles. The first-order valence-electron chi connectivity index (χ1n) is 14.6. The molecule has 6 rings (SSSR count). The van der Waals surface area contributed by atoms with E-state index in [9.17, 15) is 19.2 Å². The minimum atomic E-state index is -0.957. The summed E-state index contributed by atoms with van der Waals surface area (Å²) in [5.74, 6) is -2.91. The molecule has 2 saturated heterocycles. The topological polar surface area (TPSA) is 122 Å². The number of carbonyl (C=O) groups excluding carboxylic acids is 4. The van der Waals surface area contributed by atoms with Gasteiger partial charge in [-0.3, -0.25) is 14.4 Å². The summed E-state index contributed by atoms with van der Waals surface area (Å²) in [6.07, 6.45) is 4.59. The summed E-state index contributed by atoms with van der Waals surface area (Å²) in [5.41, 5.74) is -1.71. The first kappa shape index (κ1) is 28.2. The third-order valence-corrected chi connectivity index (χ3v) is 11.8. The standard InChI is InChI=1S/C32H40O9/c1-8-16(2)28(36)40-26-23-24(35)31(6,19(29(26,3)4)13-21(33)37-7)18-9-11-30(5)20(32(18)27(23)41-32)14-22(34)39-25(30)17-10-12-38-15-17/h8,10,12,15,18-20,23,25-27H,9,11,13-14H2,1-7H3/b16-8+/t18-,19+,20-,23-,25+,26-,27-,30-,31-,32-/m1/s1. The normalized spacial score (nSPS) is 44.1. The van der Waals surface area contributed by atoms with Gasteiger partial charge in [0.2, 0.25) is 0 Å². The molecule has 1 aromatic rings. The van der Waals surface area contributed by atoms with Gasteiger partial charge in [-0.1, -0.05) is 33.8 Å². The SMILES string of the molecule is C/C=C(\C)C(=O)O[C@@H]1[C@H]2C(=O)[C@](C)([C@H]3CC[C@]4(C)[C@@H](CC(=O)O[C@H]4c4ccoc4)[C@]34O[C@H]24)[C@@H](CC(=O)OC)C1(C)C. The number of methoxy groups -OCH3 is 1. The molecule has 2 bridgehead atoms. The van der Waals surface area contributed by atoms with E-state index in [1.807, 2.05) is 26.8 Å². The Morgan fingerprint density at radius 2 is 1.88 bits per heavy atom. The number of furan rings is 1. The van der Waals surface area contributed by atoms with Crippen LogP contribution in [0, 0.1) is 39.9 Å². The van der Waals surface area contributed by atoms with Gasteiger partial charge in [-0.05, 0) is 38.7 Å². The minimum absolute atomic E-state index is 0.00791. The molecule has 1 aromatic heterocycles. The average molecular weight is 569 g/mol.